The first-order valence-electron chi connectivity index (χ1n) is 6.57. The molecule has 0 aromatic heterocycles. The number of nitrogen functional groups attached to an aromatic ring is 1. The molecule has 2 aromatic carbocycles. The molecule has 1 aliphatic rings. The largest absolute Gasteiger partial charge is 0.497 e. The molecule has 3 rings (SSSR count). The van der Waals surface area contributed by atoms with E-state index in [1.807, 2.05) is 23.9 Å². The lowest BCUT2D eigenvalue weighted by atomic mass is 10.1. The number of anilines is 1. The van der Waals surface area contributed by atoms with Crippen LogP contribution in [0.4, 0.5) is 5.69 Å². The van der Waals surface area contributed by atoms with Crippen LogP contribution in [0.5, 0.6) is 11.5 Å². The average molecular weight is 287 g/mol. The minimum absolute atomic E-state index is 0.453. The van der Waals surface area contributed by atoms with Crippen molar-refractivity contribution in [2.75, 3.05) is 19.5 Å². The summed E-state index contributed by atoms with van der Waals surface area (Å²) in [4.78, 5) is 1.36. The van der Waals surface area contributed by atoms with Crippen molar-refractivity contribution >= 4 is 17.4 Å². The summed E-state index contributed by atoms with van der Waals surface area (Å²) >= 11 is 1.88. The summed E-state index contributed by atoms with van der Waals surface area (Å²) in [7, 11) is 1.63. The van der Waals surface area contributed by atoms with Gasteiger partial charge >= 0.3 is 0 Å². The second-order valence-electron chi connectivity index (χ2n) is 4.77. The Kier molecular flexibility index (Phi) is 3.74. The highest BCUT2D eigenvalue weighted by atomic mass is 32.2. The molecule has 104 valence electrons. The van der Waals surface area contributed by atoms with E-state index in [4.69, 9.17) is 15.2 Å². The number of hydrogen-bond donors (Lipinski definition) is 1. The van der Waals surface area contributed by atoms with E-state index in [1.54, 1.807) is 13.2 Å². The zero-order chi connectivity index (χ0) is 13.9. The molecular formula is C16H17NO2S. The number of nitrogens with two attached hydrogens (primary N) is 1. The fourth-order valence-corrected chi connectivity index (χ4v) is 3.53. The molecule has 1 heterocycles. The Morgan fingerprint density at radius 1 is 1.25 bits per heavy atom. The zero-order valence-corrected chi connectivity index (χ0v) is 12.2. The van der Waals surface area contributed by atoms with Crippen LogP contribution in [0.15, 0.2) is 47.4 Å². The van der Waals surface area contributed by atoms with Gasteiger partial charge in [0.1, 0.15) is 18.1 Å². The molecular weight excluding hydrogens is 270 g/mol. The molecule has 2 aromatic rings. The van der Waals surface area contributed by atoms with Gasteiger partial charge in [0.25, 0.3) is 0 Å². The van der Waals surface area contributed by atoms with Gasteiger partial charge in [-0.25, -0.2) is 0 Å². The van der Waals surface area contributed by atoms with Crippen molar-refractivity contribution < 1.29 is 9.47 Å². The van der Waals surface area contributed by atoms with E-state index >= 15 is 0 Å². The van der Waals surface area contributed by atoms with Crippen LogP contribution < -0.4 is 15.2 Å². The number of fused-ring (bicyclic) bond motifs is 1. The van der Waals surface area contributed by atoms with Gasteiger partial charge in [0.05, 0.1) is 12.8 Å². The molecule has 0 spiro atoms. The summed E-state index contributed by atoms with van der Waals surface area (Å²) in [5, 5.41) is 0.453. The Balaban J connectivity index is 1.61. The Labute approximate surface area is 123 Å². The van der Waals surface area contributed by atoms with Crippen molar-refractivity contribution in [2.24, 2.45) is 0 Å². The first kappa shape index (κ1) is 13.2. The van der Waals surface area contributed by atoms with E-state index in [0.29, 0.717) is 17.5 Å². The highest BCUT2D eigenvalue weighted by molar-refractivity contribution is 8.00. The van der Waals surface area contributed by atoms with Crippen LogP contribution in [0.1, 0.15) is 5.56 Å². The molecule has 4 heteroatoms. The number of thioether (sulfide) groups is 1. The lowest BCUT2D eigenvalue weighted by molar-refractivity contribution is 0.318. The molecule has 0 radical (unpaired) electrons. The highest BCUT2D eigenvalue weighted by Crippen LogP contribution is 2.37. The Bertz CT molecular complexity index is 590. The number of rotatable bonds is 4. The third-order valence-corrected chi connectivity index (χ3v) is 4.64. The van der Waals surface area contributed by atoms with Crippen LogP contribution in [0, 0.1) is 0 Å². The standard InChI is InChI=1S/C16H17NO2S/c1-18-12-6-7-15(14(17)9-12)19-10-13-8-11-4-2-3-5-16(11)20-13/h2-7,9,13H,8,10,17H2,1H3. The predicted octanol–water partition coefficient (Wildman–Crippen LogP) is 3.37. The average Bonchev–Trinajstić information content (AvgIpc) is 2.88. The molecule has 3 nitrogen and oxygen atoms in total. The van der Waals surface area contributed by atoms with Crippen LogP contribution in [0.2, 0.25) is 0 Å². The SMILES string of the molecule is COc1ccc(OCC2Cc3ccccc3S2)c(N)c1. The molecule has 1 atom stereocenters. The molecule has 0 saturated heterocycles. The monoisotopic (exact) mass is 287 g/mol. The Hall–Kier alpha value is -1.81. The normalized spacial score (nSPS) is 16.8. The lowest BCUT2D eigenvalue weighted by Gasteiger charge is -2.13. The lowest BCUT2D eigenvalue weighted by Crippen LogP contribution is -2.14. The van der Waals surface area contributed by atoms with Gasteiger partial charge in [-0.2, -0.15) is 0 Å². The van der Waals surface area contributed by atoms with E-state index < -0.39 is 0 Å². The predicted molar refractivity (Wildman–Crippen MR) is 82.7 cm³/mol. The summed E-state index contributed by atoms with van der Waals surface area (Å²) in [5.74, 6) is 1.47. The maximum absolute atomic E-state index is 5.95. The first-order chi connectivity index (χ1) is 9.76. The number of methoxy groups -OCH3 is 1. The van der Waals surface area contributed by atoms with Crippen LogP contribution in [-0.4, -0.2) is 19.0 Å². The quantitative estimate of drug-likeness (QED) is 0.876. The van der Waals surface area contributed by atoms with Crippen molar-refractivity contribution in [1.29, 1.82) is 0 Å². The van der Waals surface area contributed by atoms with E-state index in [-0.39, 0.29) is 0 Å². The van der Waals surface area contributed by atoms with E-state index in [2.05, 4.69) is 24.3 Å². The molecule has 20 heavy (non-hydrogen) atoms. The fraction of sp³-hybridized carbons (Fsp3) is 0.250. The van der Waals surface area contributed by atoms with Crippen molar-refractivity contribution in [3.63, 3.8) is 0 Å². The molecule has 1 aliphatic heterocycles. The van der Waals surface area contributed by atoms with Gasteiger partial charge in [0, 0.05) is 16.2 Å². The smallest absolute Gasteiger partial charge is 0.142 e. The third-order valence-electron chi connectivity index (χ3n) is 3.36. The van der Waals surface area contributed by atoms with Crippen LogP contribution >= 0.6 is 11.8 Å². The van der Waals surface area contributed by atoms with Gasteiger partial charge in [0.2, 0.25) is 0 Å². The van der Waals surface area contributed by atoms with E-state index in [9.17, 15) is 0 Å². The number of hydrogen-bond acceptors (Lipinski definition) is 4. The summed E-state index contributed by atoms with van der Waals surface area (Å²) in [6, 6.07) is 14.0. The summed E-state index contributed by atoms with van der Waals surface area (Å²) in [6.07, 6.45) is 1.05. The van der Waals surface area contributed by atoms with Crippen molar-refractivity contribution in [3.05, 3.63) is 48.0 Å². The van der Waals surface area contributed by atoms with Gasteiger partial charge < -0.3 is 15.2 Å². The maximum atomic E-state index is 5.95. The van der Waals surface area contributed by atoms with E-state index in [0.717, 1.165) is 17.9 Å². The topological polar surface area (TPSA) is 44.5 Å². The van der Waals surface area contributed by atoms with Gasteiger partial charge in [-0.15, -0.1) is 11.8 Å². The van der Waals surface area contributed by atoms with Gasteiger partial charge in [-0.3, -0.25) is 0 Å². The fourth-order valence-electron chi connectivity index (χ4n) is 2.31. The Morgan fingerprint density at radius 2 is 2.10 bits per heavy atom. The second kappa shape index (κ2) is 5.67. The minimum atomic E-state index is 0.453. The van der Waals surface area contributed by atoms with Crippen molar-refractivity contribution in [3.8, 4) is 11.5 Å². The highest BCUT2D eigenvalue weighted by Gasteiger charge is 2.22. The minimum Gasteiger partial charge on any atom is -0.497 e. The van der Waals surface area contributed by atoms with Gasteiger partial charge in [-0.05, 0) is 30.2 Å². The molecule has 0 bridgehead atoms. The number of ether oxygens (including phenoxy) is 2. The van der Waals surface area contributed by atoms with E-state index in [1.165, 1.54) is 10.5 Å². The van der Waals surface area contributed by atoms with Crippen LogP contribution in [0.3, 0.4) is 0 Å². The number of benzene rings is 2. The molecule has 2 N–H and O–H groups in total. The molecule has 1 unspecified atom stereocenters. The van der Waals surface area contributed by atoms with Gasteiger partial charge in [-0.1, -0.05) is 18.2 Å². The van der Waals surface area contributed by atoms with Crippen molar-refractivity contribution in [1.82, 2.24) is 0 Å². The van der Waals surface area contributed by atoms with Crippen LogP contribution in [0.25, 0.3) is 0 Å². The summed E-state index contributed by atoms with van der Waals surface area (Å²) < 4.78 is 11.0. The molecule has 0 saturated carbocycles. The first-order valence-corrected chi connectivity index (χ1v) is 7.45. The molecule has 0 amide bonds. The maximum Gasteiger partial charge on any atom is 0.142 e. The molecule has 0 fully saturated rings. The van der Waals surface area contributed by atoms with Gasteiger partial charge in [0.15, 0.2) is 0 Å². The van der Waals surface area contributed by atoms with Crippen LogP contribution in [-0.2, 0) is 6.42 Å². The summed E-state index contributed by atoms with van der Waals surface area (Å²) in [6.45, 7) is 0.663. The third kappa shape index (κ3) is 2.70. The Morgan fingerprint density at radius 3 is 2.85 bits per heavy atom. The zero-order valence-electron chi connectivity index (χ0n) is 11.3. The second-order valence-corrected chi connectivity index (χ2v) is 6.11. The molecule has 0 aliphatic carbocycles. The van der Waals surface area contributed by atoms with Crippen molar-refractivity contribution in [2.45, 2.75) is 16.6 Å². The summed E-state index contributed by atoms with van der Waals surface area (Å²) in [5.41, 5.74) is 7.98.